The van der Waals surface area contributed by atoms with E-state index in [-0.39, 0.29) is 0 Å². The molecule has 5 nitrogen and oxygen atoms in total. The first-order valence-electron chi connectivity index (χ1n) is 8.68. The third kappa shape index (κ3) is 3.07. The minimum atomic E-state index is 0.817. The number of imidazole rings is 1. The summed E-state index contributed by atoms with van der Waals surface area (Å²) < 4.78 is 2.28. The number of hydrogen-bond acceptors (Lipinski definition) is 4. The van der Waals surface area contributed by atoms with E-state index in [9.17, 15) is 0 Å². The second-order valence-electron chi connectivity index (χ2n) is 5.64. The summed E-state index contributed by atoms with van der Waals surface area (Å²) in [5, 5.41) is 3.16. The van der Waals surface area contributed by atoms with Crippen molar-refractivity contribution < 1.29 is 0 Å². The zero-order valence-corrected chi connectivity index (χ0v) is 14.7. The lowest BCUT2D eigenvalue weighted by atomic mass is 10.2. The van der Waals surface area contributed by atoms with Crippen LogP contribution < -0.4 is 10.2 Å². The number of rotatable bonds is 4. The fourth-order valence-electron chi connectivity index (χ4n) is 2.81. The van der Waals surface area contributed by atoms with Crippen molar-refractivity contribution in [2.24, 2.45) is 0 Å². The van der Waals surface area contributed by atoms with Gasteiger partial charge >= 0.3 is 0 Å². The van der Waals surface area contributed by atoms with E-state index in [1.54, 1.807) is 0 Å². The summed E-state index contributed by atoms with van der Waals surface area (Å²) in [7, 11) is 1.91. The zero-order valence-electron chi connectivity index (χ0n) is 14.7. The van der Waals surface area contributed by atoms with E-state index in [0.717, 1.165) is 42.4 Å². The molecule has 24 heavy (non-hydrogen) atoms. The van der Waals surface area contributed by atoms with E-state index in [4.69, 9.17) is 4.98 Å². The Labute approximate surface area is 143 Å². The highest BCUT2D eigenvalue weighted by molar-refractivity contribution is 5.78. The molecule has 4 rings (SSSR count). The fraction of sp³-hybridized carbons (Fsp3) is 0.368. The number of aromatic nitrogens is 3. The summed E-state index contributed by atoms with van der Waals surface area (Å²) in [5.41, 5.74) is 4.18. The maximum atomic E-state index is 4.76. The van der Waals surface area contributed by atoms with Crippen LogP contribution in [0.3, 0.4) is 0 Å². The fourth-order valence-corrected chi connectivity index (χ4v) is 2.81. The molecule has 126 valence electrons. The maximum Gasteiger partial charge on any atom is 0.208 e. The van der Waals surface area contributed by atoms with Gasteiger partial charge in [0, 0.05) is 20.1 Å². The van der Waals surface area contributed by atoms with Gasteiger partial charge < -0.3 is 14.8 Å². The Hall–Kier alpha value is -2.56. The summed E-state index contributed by atoms with van der Waals surface area (Å²) in [4.78, 5) is 11.6. The van der Waals surface area contributed by atoms with Crippen LogP contribution in [0.1, 0.15) is 25.8 Å². The number of pyridine rings is 1. The molecule has 1 fully saturated rings. The van der Waals surface area contributed by atoms with Crippen LogP contribution in [0.5, 0.6) is 0 Å². The summed E-state index contributed by atoms with van der Waals surface area (Å²) in [6.45, 7) is 6.98. The number of anilines is 2. The minimum absolute atomic E-state index is 0.817. The van der Waals surface area contributed by atoms with Crippen molar-refractivity contribution in [2.45, 2.75) is 26.8 Å². The molecular formula is C19H25N5. The van der Waals surface area contributed by atoms with Gasteiger partial charge in [0.2, 0.25) is 5.95 Å². The molecule has 0 saturated carbocycles. The Balaban J connectivity index is 0.000000815. The molecule has 0 amide bonds. The van der Waals surface area contributed by atoms with Gasteiger partial charge in [-0.25, -0.2) is 4.98 Å². The third-order valence-corrected chi connectivity index (χ3v) is 4.20. The topological polar surface area (TPSA) is 46.0 Å². The van der Waals surface area contributed by atoms with Crippen LogP contribution in [0, 0.1) is 0 Å². The highest BCUT2D eigenvalue weighted by Gasteiger charge is 2.22. The summed E-state index contributed by atoms with van der Waals surface area (Å²) in [6, 6.07) is 12.6. The molecule has 3 aromatic rings. The van der Waals surface area contributed by atoms with Crippen molar-refractivity contribution >= 4 is 22.8 Å². The first-order valence-corrected chi connectivity index (χ1v) is 8.68. The largest absolute Gasteiger partial charge is 0.387 e. The molecule has 0 bridgehead atoms. The van der Waals surface area contributed by atoms with E-state index in [0.29, 0.717) is 0 Å². The van der Waals surface area contributed by atoms with Gasteiger partial charge in [-0.3, -0.25) is 0 Å². The first-order chi connectivity index (χ1) is 11.8. The monoisotopic (exact) mass is 323 g/mol. The van der Waals surface area contributed by atoms with Gasteiger partial charge in [0.1, 0.15) is 0 Å². The summed E-state index contributed by atoms with van der Waals surface area (Å²) in [5.74, 6) is 1.03. The van der Waals surface area contributed by atoms with Crippen LogP contribution in [-0.4, -0.2) is 34.7 Å². The smallest absolute Gasteiger partial charge is 0.208 e. The number of benzene rings is 1. The SMILES string of the molecule is CC.CNc1cnc2nc(N3CCC3)n(Cc3ccccc3)c2c1. The van der Waals surface area contributed by atoms with E-state index in [1.807, 2.05) is 33.2 Å². The van der Waals surface area contributed by atoms with E-state index in [2.05, 4.69) is 50.1 Å². The molecule has 2 aromatic heterocycles. The van der Waals surface area contributed by atoms with Crippen molar-refractivity contribution in [1.82, 2.24) is 14.5 Å². The molecule has 0 radical (unpaired) electrons. The molecule has 1 saturated heterocycles. The Morgan fingerprint density at radius 1 is 1.12 bits per heavy atom. The van der Waals surface area contributed by atoms with Crippen LogP contribution in [-0.2, 0) is 6.54 Å². The van der Waals surface area contributed by atoms with Crippen LogP contribution in [0.15, 0.2) is 42.6 Å². The molecule has 3 heterocycles. The molecule has 1 aromatic carbocycles. The van der Waals surface area contributed by atoms with Crippen molar-refractivity contribution in [3.05, 3.63) is 48.2 Å². The molecule has 0 unspecified atom stereocenters. The predicted molar refractivity (Wildman–Crippen MR) is 101 cm³/mol. The molecule has 0 spiro atoms. The van der Waals surface area contributed by atoms with Crippen molar-refractivity contribution in [3.8, 4) is 0 Å². The van der Waals surface area contributed by atoms with E-state index in [1.165, 1.54) is 12.0 Å². The summed E-state index contributed by atoms with van der Waals surface area (Å²) in [6.07, 6.45) is 3.08. The average molecular weight is 323 g/mol. The van der Waals surface area contributed by atoms with E-state index >= 15 is 0 Å². The van der Waals surface area contributed by atoms with Gasteiger partial charge in [0.15, 0.2) is 5.65 Å². The summed E-state index contributed by atoms with van der Waals surface area (Å²) >= 11 is 0. The number of fused-ring (bicyclic) bond motifs is 1. The van der Waals surface area contributed by atoms with Crippen LogP contribution >= 0.6 is 0 Å². The van der Waals surface area contributed by atoms with Crippen molar-refractivity contribution in [2.75, 3.05) is 30.4 Å². The zero-order chi connectivity index (χ0) is 16.9. The molecule has 1 aliphatic rings. The second kappa shape index (κ2) is 7.34. The Morgan fingerprint density at radius 3 is 2.50 bits per heavy atom. The van der Waals surface area contributed by atoms with Gasteiger partial charge in [-0.2, -0.15) is 4.98 Å². The van der Waals surface area contributed by atoms with Crippen LogP contribution in [0.25, 0.3) is 11.2 Å². The Morgan fingerprint density at radius 2 is 1.88 bits per heavy atom. The molecule has 0 atom stereocenters. The quantitative estimate of drug-likeness (QED) is 0.794. The van der Waals surface area contributed by atoms with Crippen molar-refractivity contribution in [3.63, 3.8) is 0 Å². The number of nitrogens with zero attached hydrogens (tertiary/aromatic N) is 4. The van der Waals surface area contributed by atoms with Gasteiger partial charge in [-0.05, 0) is 18.1 Å². The number of nitrogens with one attached hydrogen (secondary N) is 1. The lowest BCUT2D eigenvalue weighted by molar-refractivity contribution is 0.585. The molecule has 1 aliphatic heterocycles. The lowest BCUT2D eigenvalue weighted by Gasteiger charge is -2.32. The minimum Gasteiger partial charge on any atom is -0.387 e. The third-order valence-electron chi connectivity index (χ3n) is 4.20. The Bertz CT molecular complexity index is 790. The highest BCUT2D eigenvalue weighted by atomic mass is 15.3. The van der Waals surface area contributed by atoms with Gasteiger partial charge in [0.05, 0.1) is 23.9 Å². The predicted octanol–water partition coefficient (Wildman–Crippen LogP) is 3.76. The molecular weight excluding hydrogens is 298 g/mol. The van der Waals surface area contributed by atoms with Crippen LogP contribution in [0.4, 0.5) is 11.6 Å². The lowest BCUT2D eigenvalue weighted by Crippen LogP contribution is -2.39. The standard InChI is InChI=1S/C17H19N5.C2H6/c1-18-14-10-15-16(19-11-14)20-17(21-8-5-9-21)22(15)12-13-6-3-2-4-7-13;1-2/h2-4,6-7,10-11,18H,5,8-9,12H2,1H3;1-2H3. The second-order valence-corrected chi connectivity index (χ2v) is 5.64. The van der Waals surface area contributed by atoms with E-state index < -0.39 is 0 Å². The van der Waals surface area contributed by atoms with Gasteiger partial charge in [-0.15, -0.1) is 0 Å². The maximum absolute atomic E-state index is 4.76. The van der Waals surface area contributed by atoms with Gasteiger partial charge in [-0.1, -0.05) is 44.2 Å². The molecule has 5 heteroatoms. The van der Waals surface area contributed by atoms with Crippen LogP contribution in [0.2, 0.25) is 0 Å². The van der Waals surface area contributed by atoms with Crippen molar-refractivity contribution in [1.29, 1.82) is 0 Å². The van der Waals surface area contributed by atoms with Gasteiger partial charge in [0.25, 0.3) is 0 Å². The first kappa shape index (κ1) is 16.3. The average Bonchev–Trinajstić information content (AvgIpc) is 2.93. The highest BCUT2D eigenvalue weighted by Crippen LogP contribution is 2.27. The number of hydrogen-bond donors (Lipinski definition) is 1. The molecule has 1 N–H and O–H groups in total. The normalized spacial score (nSPS) is 13.2. The molecule has 0 aliphatic carbocycles. The Kier molecular flexibility index (Phi) is 4.99.